The maximum Gasteiger partial charge on any atom is 0.224 e. The summed E-state index contributed by atoms with van der Waals surface area (Å²) in [4.78, 5) is 37.1. The van der Waals surface area contributed by atoms with Crippen molar-refractivity contribution in [2.45, 2.75) is 46.5 Å². The van der Waals surface area contributed by atoms with Gasteiger partial charge >= 0.3 is 0 Å². The molecule has 144 valence electrons. The second-order valence-electron chi connectivity index (χ2n) is 5.92. The molecule has 0 aliphatic heterocycles. The molecule has 0 unspecified atom stereocenters. The normalized spacial score (nSPS) is 10.3. The van der Waals surface area contributed by atoms with Gasteiger partial charge in [0.05, 0.1) is 11.4 Å². The van der Waals surface area contributed by atoms with Crippen LogP contribution in [0.2, 0.25) is 0 Å². The number of anilines is 2. The van der Waals surface area contributed by atoms with Gasteiger partial charge in [-0.2, -0.15) is 0 Å². The molecule has 0 spiro atoms. The standard InChI is InChI=1S/C18H25F2N3O3/c1-4-8-23(9-5-2)18(26)7-6-17(25)22-16-11-14(20)13(19)10-15(16)21-12(3)24/h10-11H,4-9H2,1-3H3,(H,21,24)(H,22,25). The van der Waals surface area contributed by atoms with Crippen molar-refractivity contribution in [1.29, 1.82) is 0 Å². The number of hydrogen-bond acceptors (Lipinski definition) is 3. The molecular formula is C18H25F2N3O3. The number of halogens is 2. The zero-order valence-corrected chi connectivity index (χ0v) is 15.3. The van der Waals surface area contributed by atoms with Gasteiger partial charge in [-0.3, -0.25) is 14.4 Å². The predicted octanol–water partition coefficient (Wildman–Crippen LogP) is 3.29. The number of carbonyl (C=O) groups is 3. The lowest BCUT2D eigenvalue weighted by atomic mass is 10.2. The Balaban J connectivity index is 2.74. The molecule has 0 bridgehead atoms. The second kappa shape index (κ2) is 10.5. The predicted molar refractivity (Wildman–Crippen MR) is 95.7 cm³/mol. The molecule has 1 aromatic rings. The Morgan fingerprint density at radius 3 is 1.88 bits per heavy atom. The molecule has 0 aliphatic rings. The molecule has 0 heterocycles. The lowest BCUT2D eigenvalue weighted by Crippen LogP contribution is -2.33. The topological polar surface area (TPSA) is 78.5 Å². The molecule has 0 saturated carbocycles. The van der Waals surface area contributed by atoms with Crippen LogP contribution < -0.4 is 10.6 Å². The highest BCUT2D eigenvalue weighted by Crippen LogP contribution is 2.25. The molecule has 0 fully saturated rings. The van der Waals surface area contributed by atoms with Gasteiger partial charge in [-0.05, 0) is 12.8 Å². The quantitative estimate of drug-likeness (QED) is 0.701. The summed E-state index contributed by atoms with van der Waals surface area (Å²) in [6.45, 7) is 6.40. The number of nitrogens with zero attached hydrogens (tertiary/aromatic N) is 1. The van der Waals surface area contributed by atoms with Gasteiger partial charge in [0, 0.05) is 45.0 Å². The molecule has 3 amide bonds. The Labute approximate surface area is 151 Å². The fraction of sp³-hybridized carbons (Fsp3) is 0.500. The number of nitrogens with one attached hydrogen (secondary N) is 2. The van der Waals surface area contributed by atoms with E-state index in [0.29, 0.717) is 13.1 Å². The lowest BCUT2D eigenvalue weighted by molar-refractivity contribution is -0.133. The van der Waals surface area contributed by atoms with Gasteiger partial charge in [-0.1, -0.05) is 13.8 Å². The van der Waals surface area contributed by atoms with Crippen molar-refractivity contribution in [2.24, 2.45) is 0 Å². The van der Waals surface area contributed by atoms with Crippen molar-refractivity contribution in [3.8, 4) is 0 Å². The maximum atomic E-state index is 13.4. The molecule has 0 atom stereocenters. The molecule has 0 aromatic heterocycles. The Morgan fingerprint density at radius 2 is 1.42 bits per heavy atom. The number of amides is 3. The van der Waals surface area contributed by atoms with Gasteiger partial charge in [0.15, 0.2) is 11.6 Å². The van der Waals surface area contributed by atoms with E-state index in [4.69, 9.17) is 0 Å². The van der Waals surface area contributed by atoms with Crippen LogP contribution in [-0.4, -0.2) is 35.7 Å². The first-order chi connectivity index (χ1) is 12.3. The SMILES string of the molecule is CCCN(CCC)C(=O)CCC(=O)Nc1cc(F)c(F)cc1NC(C)=O. The Bertz CT molecular complexity index is 659. The van der Waals surface area contributed by atoms with Crippen LogP contribution in [0.25, 0.3) is 0 Å². The summed E-state index contributed by atoms with van der Waals surface area (Å²) >= 11 is 0. The van der Waals surface area contributed by atoms with E-state index in [2.05, 4.69) is 10.6 Å². The third kappa shape index (κ3) is 6.78. The van der Waals surface area contributed by atoms with Crippen molar-refractivity contribution in [2.75, 3.05) is 23.7 Å². The summed E-state index contributed by atoms with van der Waals surface area (Å²) in [5.41, 5.74) is -0.106. The van der Waals surface area contributed by atoms with Gasteiger partial charge in [0.2, 0.25) is 17.7 Å². The van der Waals surface area contributed by atoms with Crippen LogP contribution in [0.4, 0.5) is 20.2 Å². The first-order valence-electron chi connectivity index (χ1n) is 8.62. The Morgan fingerprint density at radius 1 is 0.923 bits per heavy atom. The van der Waals surface area contributed by atoms with Crippen molar-refractivity contribution in [3.05, 3.63) is 23.8 Å². The largest absolute Gasteiger partial charge is 0.343 e. The fourth-order valence-electron chi connectivity index (χ4n) is 2.44. The van der Waals surface area contributed by atoms with Crippen LogP contribution in [-0.2, 0) is 14.4 Å². The summed E-state index contributed by atoms with van der Waals surface area (Å²) in [5.74, 6) is -3.43. The first kappa shape index (κ1) is 21.5. The highest BCUT2D eigenvalue weighted by Gasteiger charge is 2.16. The smallest absolute Gasteiger partial charge is 0.224 e. The molecule has 8 heteroatoms. The van der Waals surface area contributed by atoms with Gasteiger partial charge in [0.25, 0.3) is 0 Å². The highest BCUT2D eigenvalue weighted by molar-refractivity contribution is 5.99. The average Bonchev–Trinajstić information content (AvgIpc) is 2.56. The molecule has 6 nitrogen and oxygen atoms in total. The van der Waals surface area contributed by atoms with Gasteiger partial charge in [0.1, 0.15) is 0 Å². The molecule has 26 heavy (non-hydrogen) atoms. The number of carbonyl (C=O) groups excluding carboxylic acids is 3. The first-order valence-corrected chi connectivity index (χ1v) is 8.62. The molecule has 1 rings (SSSR count). The van der Waals surface area contributed by atoms with Crippen LogP contribution in [0.3, 0.4) is 0 Å². The number of benzene rings is 1. The zero-order valence-electron chi connectivity index (χ0n) is 15.3. The van der Waals surface area contributed by atoms with E-state index in [1.54, 1.807) is 4.90 Å². The fourth-order valence-corrected chi connectivity index (χ4v) is 2.44. The van der Waals surface area contributed by atoms with Gasteiger partial charge in [-0.25, -0.2) is 8.78 Å². The van der Waals surface area contributed by atoms with Crippen LogP contribution in [0, 0.1) is 11.6 Å². The third-order valence-electron chi connectivity index (χ3n) is 3.55. The molecule has 2 N–H and O–H groups in total. The van der Waals surface area contributed by atoms with Gasteiger partial charge < -0.3 is 15.5 Å². The summed E-state index contributed by atoms with van der Waals surface area (Å²) in [6.07, 6.45) is 1.58. The van der Waals surface area contributed by atoms with Crippen LogP contribution in [0.15, 0.2) is 12.1 Å². The van der Waals surface area contributed by atoms with E-state index in [0.717, 1.165) is 25.0 Å². The van der Waals surface area contributed by atoms with Crippen molar-refractivity contribution in [1.82, 2.24) is 4.90 Å². The minimum absolute atomic E-state index is 0.0188. The van der Waals surface area contributed by atoms with E-state index in [-0.39, 0.29) is 30.1 Å². The number of hydrogen-bond donors (Lipinski definition) is 2. The van der Waals surface area contributed by atoms with Crippen LogP contribution >= 0.6 is 0 Å². The summed E-state index contributed by atoms with van der Waals surface area (Å²) in [7, 11) is 0. The van der Waals surface area contributed by atoms with Crippen LogP contribution in [0.5, 0.6) is 0 Å². The molecule has 1 aromatic carbocycles. The average molecular weight is 369 g/mol. The van der Waals surface area contributed by atoms with Crippen molar-refractivity contribution in [3.63, 3.8) is 0 Å². The van der Waals surface area contributed by atoms with Gasteiger partial charge in [-0.15, -0.1) is 0 Å². The third-order valence-corrected chi connectivity index (χ3v) is 3.55. The second-order valence-corrected chi connectivity index (χ2v) is 5.92. The van der Waals surface area contributed by atoms with Crippen LogP contribution in [0.1, 0.15) is 46.5 Å². The molecular weight excluding hydrogens is 344 g/mol. The summed E-state index contributed by atoms with van der Waals surface area (Å²) in [6, 6.07) is 1.59. The van der Waals surface area contributed by atoms with Crippen molar-refractivity contribution < 1.29 is 23.2 Å². The highest BCUT2D eigenvalue weighted by atomic mass is 19.2. The summed E-state index contributed by atoms with van der Waals surface area (Å²) in [5, 5.41) is 4.74. The Kier molecular flexibility index (Phi) is 8.67. The molecule has 0 aliphatic carbocycles. The lowest BCUT2D eigenvalue weighted by Gasteiger charge is -2.21. The van der Waals surface area contributed by atoms with E-state index < -0.39 is 23.4 Å². The monoisotopic (exact) mass is 369 g/mol. The van der Waals surface area contributed by atoms with E-state index in [1.165, 1.54) is 6.92 Å². The maximum absolute atomic E-state index is 13.4. The van der Waals surface area contributed by atoms with Crippen molar-refractivity contribution >= 4 is 29.1 Å². The minimum atomic E-state index is -1.15. The Hall–Kier alpha value is -2.51. The zero-order chi connectivity index (χ0) is 19.7. The van der Waals surface area contributed by atoms with E-state index >= 15 is 0 Å². The minimum Gasteiger partial charge on any atom is -0.343 e. The summed E-state index contributed by atoms with van der Waals surface area (Å²) < 4.78 is 26.8. The molecule has 0 saturated heterocycles. The number of rotatable bonds is 9. The van der Waals surface area contributed by atoms with E-state index in [1.807, 2.05) is 13.8 Å². The molecule has 0 radical (unpaired) electrons. The van der Waals surface area contributed by atoms with E-state index in [9.17, 15) is 23.2 Å².